The fourth-order valence-corrected chi connectivity index (χ4v) is 2.23. The molecule has 2 N–H and O–H groups in total. The van der Waals surface area contributed by atoms with E-state index in [1.165, 1.54) is 0 Å². The lowest BCUT2D eigenvalue weighted by Crippen LogP contribution is -2.27. The van der Waals surface area contributed by atoms with Gasteiger partial charge in [0, 0.05) is 12.2 Å². The Morgan fingerprint density at radius 3 is 2.81 bits per heavy atom. The molecule has 0 saturated heterocycles. The first-order valence-corrected chi connectivity index (χ1v) is 7.55. The first-order chi connectivity index (χ1) is 10.2. The van der Waals surface area contributed by atoms with Crippen molar-refractivity contribution in [1.29, 1.82) is 0 Å². The molecule has 21 heavy (non-hydrogen) atoms. The van der Waals surface area contributed by atoms with Crippen molar-refractivity contribution in [3.8, 4) is 0 Å². The Morgan fingerprint density at radius 2 is 2.14 bits per heavy atom. The second-order valence-corrected chi connectivity index (χ2v) is 5.00. The first kappa shape index (κ1) is 15.4. The molecule has 5 nitrogen and oxygen atoms in total. The molecule has 1 aromatic rings. The SMILES string of the molecule is CCC(CC)OC(=O)c1ccccc1NCC1=NCCN1. The van der Waals surface area contributed by atoms with E-state index < -0.39 is 0 Å². The van der Waals surface area contributed by atoms with Gasteiger partial charge in [0.25, 0.3) is 0 Å². The molecule has 0 fully saturated rings. The molecule has 2 rings (SSSR count). The minimum atomic E-state index is -0.270. The minimum Gasteiger partial charge on any atom is -0.459 e. The van der Waals surface area contributed by atoms with Crippen LogP contribution in [0.25, 0.3) is 0 Å². The van der Waals surface area contributed by atoms with E-state index in [2.05, 4.69) is 15.6 Å². The van der Waals surface area contributed by atoms with Crippen LogP contribution in [0.2, 0.25) is 0 Å². The number of benzene rings is 1. The van der Waals surface area contributed by atoms with E-state index in [4.69, 9.17) is 4.74 Å². The Morgan fingerprint density at radius 1 is 1.38 bits per heavy atom. The standard InChI is InChI=1S/C16H23N3O2/c1-3-12(4-2)21-16(20)13-7-5-6-8-14(13)19-11-15-17-9-10-18-15/h5-8,12,19H,3-4,9-11H2,1-2H3,(H,17,18). The molecule has 1 aliphatic heterocycles. The van der Waals surface area contributed by atoms with Gasteiger partial charge in [-0.05, 0) is 25.0 Å². The van der Waals surface area contributed by atoms with E-state index in [0.717, 1.165) is 37.5 Å². The van der Waals surface area contributed by atoms with Crippen LogP contribution in [0, 0.1) is 0 Å². The summed E-state index contributed by atoms with van der Waals surface area (Å²) in [5, 5.41) is 6.45. The molecule has 0 aromatic heterocycles. The number of esters is 1. The molecule has 0 amide bonds. The van der Waals surface area contributed by atoms with E-state index in [0.29, 0.717) is 12.1 Å². The predicted octanol–water partition coefficient (Wildman–Crippen LogP) is 2.45. The summed E-state index contributed by atoms with van der Waals surface area (Å²) in [6.07, 6.45) is 1.64. The number of hydrogen-bond donors (Lipinski definition) is 2. The van der Waals surface area contributed by atoms with Gasteiger partial charge in [0.15, 0.2) is 0 Å². The average Bonchev–Trinajstić information content (AvgIpc) is 3.04. The van der Waals surface area contributed by atoms with Gasteiger partial charge in [-0.1, -0.05) is 26.0 Å². The molecule has 0 unspecified atom stereocenters. The van der Waals surface area contributed by atoms with Gasteiger partial charge in [-0.25, -0.2) is 4.79 Å². The molecule has 1 aliphatic rings. The van der Waals surface area contributed by atoms with Crippen molar-refractivity contribution in [1.82, 2.24) is 5.32 Å². The van der Waals surface area contributed by atoms with Crippen LogP contribution in [0.15, 0.2) is 29.3 Å². The summed E-state index contributed by atoms with van der Waals surface area (Å²) in [4.78, 5) is 16.6. The zero-order valence-corrected chi connectivity index (χ0v) is 12.7. The summed E-state index contributed by atoms with van der Waals surface area (Å²) in [6.45, 7) is 6.34. The lowest BCUT2D eigenvalue weighted by atomic mass is 10.1. The number of carbonyl (C=O) groups is 1. The number of anilines is 1. The molecule has 1 aromatic carbocycles. The van der Waals surface area contributed by atoms with Crippen molar-refractivity contribution < 1.29 is 9.53 Å². The van der Waals surface area contributed by atoms with E-state index >= 15 is 0 Å². The summed E-state index contributed by atoms with van der Waals surface area (Å²) >= 11 is 0. The van der Waals surface area contributed by atoms with Gasteiger partial charge in [-0.15, -0.1) is 0 Å². The maximum absolute atomic E-state index is 12.3. The van der Waals surface area contributed by atoms with Crippen LogP contribution in [0.3, 0.4) is 0 Å². The summed E-state index contributed by atoms with van der Waals surface area (Å²) in [6, 6.07) is 7.43. The van der Waals surface area contributed by atoms with Crippen molar-refractivity contribution in [2.45, 2.75) is 32.8 Å². The molecule has 0 radical (unpaired) electrons. The van der Waals surface area contributed by atoms with Crippen LogP contribution in [-0.4, -0.2) is 37.5 Å². The molecule has 0 spiro atoms. The van der Waals surface area contributed by atoms with Crippen LogP contribution >= 0.6 is 0 Å². The minimum absolute atomic E-state index is 0.0218. The van der Waals surface area contributed by atoms with Crippen LogP contribution in [0.1, 0.15) is 37.0 Å². The van der Waals surface area contributed by atoms with Crippen molar-refractivity contribution in [3.63, 3.8) is 0 Å². The number of carbonyl (C=O) groups excluding carboxylic acids is 1. The third-order valence-electron chi connectivity index (χ3n) is 3.52. The van der Waals surface area contributed by atoms with Gasteiger partial charge in [0.2, 0.25) is 0 Å². The molecular formula is C16H23N3O2. The second-order valence-electron chi connectivity index (χ2n) is 5.00. The topological polar surface area (TPSA) is 62.7 Å². The van der Waals surface area contributed by atoms with E-state index in [1.54, 1.807) is 6.07 Å². The number of nitrogens with zero attached hydrogens (tertiary/aromatic N) is 1. The molecular weight excluding hydrogens is 266 g/mol. The van der Waals surface area contributed by atoms with Crippen molar-refractivity contribution in [2.75, 3.05) is 25.0 Å². The van der Waals surface area contributed by atoms with E-state index in [-0.39, 0.29) is 12.1 Å². The largest absolute Gasteiger partial charge is 0.459 e. The van der Waals surface area contributed by atoms with Gasteiger partial charge in [0.05, 0.1) is 18.7 Å². The van der Waals surface area contributed by atoms with Crippen LogP contribution in [-0.2, 0) is 4.74 Å². The normalized spacial score (nSPS) is 13.8. The third kappa shape index (κ3) is 4.21. The number of hydrogen-bond acceptors (Lipinski definition) is 5. The zero-order valence-electron chi connectivity index (χ0n) is 12.7. The third-order valence-corrected chi connectivity index (χ3v) is 3.52. The molecule has 0 saturated carbocycles. The Bertz CT molecular complexity index is 510. The average molecular weight is 289 g/mol. The smallest absolute Gasteiger partial charge is 0.340 e. The van der Waals surface area contributed by atoms with Crippen LogP contribution in [0.5, 0.6) is 0 Å². The fraction of sp³-hybridized carbons (Fsp3) is 0.500. The van der Waals surface area contributed by atoms with E-state index in [9.17, 15) is 4.79 Å². The molecule has 0 atom stereocenters. The van der Waals surface area contributed by atoms with Gasteiger partial charge >= 0.3 is 5.97 Å². The monoisotopic (exact) mass is 289 g/mol. The van der Waals surface area contributed by atoms with Crippen molar-refractivity contribution in [2.24, 2.45) is 4.99 Å². The summed E-state index contributed by atoms with van der Waals surface area (Å²) < 4.78 is 5.52. The Balaban J connectivity index is 2.03. The Hall–Kier alpha value is -2.04. The first-order valence-electron chi connectivity index (χ1n) is 7.55. The van der Waals surface area contributed by atoms with Gasteiger partial charge < -0.3 is 15.4 Å². The lowest BCUT2D eigenvalue weighted by molar-refractivity contribution is 0.0285. The molecule has 1 heterocycles. The number of aliphatic imine (C=N–C) groups is 1. The number of nitrogens with one attached hydrogen (secondary N) is 2. The summed E-state index contributed by atoms with van der Waals surface area (Å²) in [5.74, 6) is 0.659. The number of amidine groups is 1. The van der Waals surface area contributed by atoms with Crippen molar-refractivity contribution >= 4 is 17.5 Å². The highest BCUT2D eigenvalue weighted by Gasteiger charge is 2.16. The molecule has 0 bridgehead atoms. The van der Waals surface area contributed by atoms with Gasteiger partial charge in [-0.3, -0.25) is 4.99 Å². The maximum Gasteiger partial charge on any atom is 0.340 e. The van der Waals surface area contributed by atoms with Crippen LogP contribution < -0.4 is 10.6 Å². The summed E-state index contributed by atoms with van der Waals surface area (Å²) in [7, 11) is 0. The van der Waals surface area contributed by atoms with Gasteiger partial charge in [-0.2, -0.15) is 0 Å². The Labute approximate surface area is 125 Å². The van der Waals surface area contributed by atoms with Gasteiger partial charge in [0.1, 0.15) is 11.9 Å². The highest BCUT2D eigenvalue weighted by Crippen LogP contribution is 2.18. The quantitative estimate of drug-likeness (QED) is 0.757. The maximum atomic E-state index is 12.3. The highest BCUT2D eigenvalue weighted by atomic mass is 16.5. The number of ether oxygens (including phenoxy) is 1. The number of rotatable bonds is 7. The van der Waals surface area contributed by atoms with E-state index in [1.807, 2.05) is 32.0 Å². The predicted molar refractivity (Wildman–Crippen MR) is 85.0 cm³/mol. The highest BCUT2D eigenvalue weighted by molar-refractivity contribution is 5.97. The molecule has 114 valence electrons. The fourth-order valence-electron chi connectivity index (χ4n) is 2.23. The van der Waals surface area contributed by atoms with Crippen molar-refractivity contribution in [3.05, 3.63) is 29.8 Å². The second kappa shape index (κ2) is 7.67. The zero-order chi connectivity index (χ0) is 15.1. The summed E-state index contributed by atoms with van der Waals surface area (Å²) in [5.41, 5.74) is 1.35. The van der Waals surface area contributed by atoms with Crippen LogP contribution in [0.4, 0.5) is 5.69 Å². The molecule has 5 heteroatoms. The number of para-hydroxylation sites is 1. The molecule has 0 aliphatic carbocycles. The lowest BCUT2D eigenvalue weighted by Gasteiger charge is -2.16. The Kier molecular flexibility index (Phi) is 5.60.